The Morgan fingerprint density at radius 1 is 1.24 bits per heavy atom. The highest BCUT2D eigenvalue weighted by Gasteiger charge is 2.23. The molecule has 1 heterocycles. The second-order valence-corrected chi connectivity index (χ2v) is 9.80. The number of hydrogen-bond acceptors (Lipinski definition) is 9. The van der Waals surface area contributed by atoms with Crippen LogP contribution in [0.4, 0.5) is 5.69 Å². The van der Waals surface area contributed by atoms with Crippen LogP contribution in [0.15, 0.2) is 73.1 Å². The van der Waals surface area contributed by atoms with Crippen molar-refractivity contribution in [2.45, 2.75) is 11.8 Å². The SMILES string of the molecule is CCOC(=O)C(N)=C(Br)C(=Nc1ccccc1Cl)c1noc(-c2cccc(S(C)(=O)=O)c2)n1. The van der Waals surface area contributed by atoms with Crippen LogP contribution in [0, 0.1) is 0 Å². The summed E-state index contributed by atoms with van der Waals surface area (Å²) in [7, 11) is -3.44. The average Bonchev–Trinajstić information content (AvgIpc) is 3.27. The van der Waals surface area contributed by atoms with E-state index in [1.807, 2.05) is 0 Å². The number of para-hydroxylation sites is 1. The molecule has 0 unspecified atom stereocenters. The van der Waals surface area contributed by atoms with E-state index in [0.29, 0.717) is 16.3 Å². The number of rotatable bonds is 7. The molecule has 33 heavy (non-hydrogen) atoms. The fourth-order valence-corrected chi connectivity index (χ4v) is 3.86. The number of ether oxygens (including phenoxy) is 1. The first-order chi connectivity index (χ1) is 15.6. The monoisotopic (exact) mass is 552 g/mol. The van der Waals surface area contributed by atoms with Gasteiger partial charge < -0.3 is 15.0 Å². The summed E-state index contributed by atoms with van der Waals surface area (Å²) >= 11 is 9.51. The molecule has 2 N–H and O–H groups in total. The van der Waals surface area contributed by atoms with Gasteiger partial charge in [-0.25, -0.2) is 18.2 Å². The van der Waals surface area contributed by atoms with E-state index in [0.717, 1.165) is 6.26 Å². The maximum Gasteiger partial charge on any atom is 0.355 e. The molecule has 0 aliphatic carbocycles. The Labute approximate surface area is 203 Å². The third-order valence-corrected chi connectivity index (χ3v) is 6.40. The number of carbonyl (C=O) groups is 1. The summed E-state index contributed by atoms with van der Waals surface area (Å²) in [4.78, 5) is 21.0. The predicted octanol–water partition coefficient (Wildman–Crippen LogP) is 4.04. The topological polar surface area (TPSA) is 138 Å². The summed E-state index contributed by atoms with van der Waals surface area (Å²) in [5.74, 6) is -0.744. The van der Waals surface area contributed by atoms with Crippen LogP contribution in [0.25, 0.3) is 11.5 Å². The van der Waals surface area contributed by atoms with Gasteiger partial charge in [-0.1, -0.05) is 35.0 Å². The van der Waals surface area contributed by atoms with Crippen molar-refractivity contribution in [3.8, 4) is 11.5 Å². The molecule has 0 atom stereocenters. The van der Waals surface area contributed by atoms with Crippen molar-refractivity contribution in [2.24, 2.45) is 10.7 Å². The summed E-state index contributed by atoms with van der Waals surface area (Å²) in [6.45, 7) is 1.77. The first-order valence-electron chi connectivity index (χ1n) is 9.42. The number of sulfone groups is 1. The zero-order valence-electron chi connectivity index (χ0n) is 17.5. The van der Waals surface area contributed by atoms with Gasteiger partial charge in [-0.3, -0.25) is 0 Å². The highest BCUT2D eigenvalue weighted by molar-refractivity contribution is 9.12. The van der Waals surface area contributed by atoms with Crippen LogP contribution in [0.1, 0.15) is 12.7 Å². The normalized spacial score (nSPS) is 12.9. The Morgan fingerprint density at radius 2 is 1.97 bits per heavy atom. The number of aliphatic imine (C=N–C) groups is 1. The number of allylic oxidation sites excluding steroid dienone is 1. The zero-order chi connectivity index (χ0) is 24.2. The van der Waals surface area contributed by atoms with Gasteiger partial charge in [-0.2, -0.15) is 4.98 Å². The molecule has 172 valence electrons. The average molecular weight is 554 g/mol. The molecule has 1 aromatic heterocycles. The molecule has 0 fully saturated rings. The molecule has 3 rings (SSSR count). The van der Waals surface area contributed by atoms with Gasteiger partial charge in [0, 0.05) is 11.8 Å². The molecular formula is C21H18BrClN4O5S. The molecule has 0 saturated carbocycles. The Balaban J connectivity index is 2.14. The third kappa shape index (κ3) is 5.86. The largest absolute Gasteiger partial charge is 0.461 e. The van der Waals surface area contributed by atoms with Gasteiger partial charge in [-0.05, 0) is 53.2 Å². The number of benzene rings is 2. The van der Waals surface area contributed by atoms with Crippen molar-refractivity contribution >= 4 is 54.7 Å². The smallest absolute Gasteiger partial charge is 0.355 e. The van der Waals surface area contributed by atoms with Gasteiger partial charge in [0.05, 0.1) is 26.7 Å². The number of nitrogens with two attached hydrogens (primary N) is 1. The minimum absolute atomic E-state index is 0.0196. The lowest BCUT2D eigenvalue weighted by Gasteiger charge is -2.07. The lowest BCUT2D eigenvalue weighted by atomic mass is 10.2. The summed E-state index contributed by atoms with van der Waals surface area (Å²) in [5, 5.41) is 4.28. The van der Waals surface area contributed by atoms with Crippen LogP contribution in [-0.4, -0.2) is 43.1 Å². The number of hydrogen-bond donors (Lipinski definition) is 1. The van der Waals surface area contributed by atoms with Crippen molar-refractivity contribution in [2.75, 3.05) is 12.9 Å². The third-order valence-electron chi connectivity index (χ3n) is 4.17. The lowest BCUT2D eigenvalue weighted by molar-refractivity contribution is -0.138. The summed E-state index contributed by atoms with van der Waals surface area (Å²) < 4.78 is 34.1. The van der Waals surface area contributed by atoms with Crippen molar-refractivity contribution in [1.82, 2.24) is 10.1 Å². The Kier molecular flexibility index (Phi) is 7.67. The Bertz CT molecular complexity index is 1370. The number of esters is 1. The van der Waals surface area contributed by atoms with Gasteiger partial charge in [0.25, 0.3) is 5.89 Å². The second kappa shape index (κ2) is 10.3. The molecule has 0 aliphatic heterocycles. The van der Waals surface area contributed by atoms with E-state index in [9.17, 15) is 13.2 Å². The van der Waals surface area contributed by atoms with Crippen molar-refractivity contribution in [3.05, 3.63) is 69.6 Å². The van der Waals surface area contributed by atoms with Crippen molar-refractivity contribution < 1.29 is 22.5 Å². The number of halogens is 2. The molecule has 3 aromatic rings. The molecule has 9 nitrogen and oxygen atoms in total. The maximum absolute atomic E-state index is 12.2. The standard InChI is InChI=1S/C21H18BrClN4O5S/c1-3-31-21(28)17(24)16(22)18(25-15-10-5-4-9-14(15)23)19-26-20(32-27-19)12-7-6-8-13(11-12)33(2,29)30/h4-11H,3,24H2,1-2H3. The lowest BCUT2D eigenvalue weighted by Crippen LogP contribution is -2.19. The van der Waals surface area contributed by atoms with Crippen LogP contribution in [0.3, 0.4) is 0 Å². The van der Waals surface area contributed by atoms with Crippen LogP contribution in [0.2, 0.25) is 5.02 Å². The van der Waals surface area contributed by atoms with E-state index >= 15 is 0 Å². The van der Waals surface area contributed by atoms with E-state index in [1.165, 1.54) is 12.1 Å². The van der Waals surface area contributed by atoms with E-state index in [2.05, 4.69) is 31.1 Å². The van der Waals surface area contributed by atoms with Gasteiger partial charge in [0.15, 0.2) is 9.84 Å². The summed E-state index contributed by atoms with van der Waals surface area (Å²) in [6.07, 6.45) is 1.10. The van der Waals surface area contributed by atoms with Crippen LogP contribution < -0.4 is 5.73 Å². The maximum atomic E-state index is 12.2. The second-order valence-electron chi connectivity index (χ2n) is 6.58. The van der Waals surface area contributed by atoms with Crippen LogP contribution >= 0.6 is 27.5 Å². The Morgan fingerprint density at radius 3 is 2.64 bits per heavy atom. The van der Waals surface area contributed by atoms with Crippen molar-refractivity contribution in [3.63, 3.8) is 0 Å². The van der Waals surface area contributed by atoms with Crippen LogP contribution in [0.5, 0.6) is 0 Å². The van der Waals surface area contributed by atoms with Gasteiger partial charge >= 0.3 is 5.97 Å². The molecule has 0 bridgehead atoms. The van der Waals surface area contributed by atoms with Crippen molar-refractivity contribution in [1.29, 1.82) is 0 Å². The highest BCUT2D eigenvalue weighted by Crippen LogP contribution is 2.28. The first kappa shape index (κ1) is 24.6. The fourth-order valence-electron chi connectivity index (χ4n) is 2.58. The number of carbonyl (C=O) groups excluding carboxylic acids is 1. The van der Waals surface area contributed by atoms with E-state index < -0.39 is 15.8 Å². The molecule has 0 aliphatic rings. The van der Waals surface area contributed by atoms with Gasteiger partial charge in [0.1, 0.15) is 11.4 Å². The summed E-state index contributed by atoms with van der Waals surface area (Å²) in [6, 6.07) is 12.8. The van der Waals surface area contributed by atoms with E-state index in [1.54, 1.807) is 43.3 Å². The zero-order valence-corrected chi connectivity index (χ0v) is 20.6. The minimum Gasteiger partial charge on any atom is -0.461 e. The summed E-state index contributed by atoms with van der Waals surface area (Å²) in [5.41, 5.74) is 6.51. The molecular weight excluding hydrogens is 536 g/mol. The highest BCUT2D eigenvalue weighted by atomic mass is 79.9. The van der Waals surface area contributed by atoms with Gasteiger partial charge in [-0.15, -0.1) is 0 Å². The molecule has 2 aromatic carbocycles. The number of aromatic nitrogens is 2. The quantitative estimate of drug-likeness (QED) is 0.263. The molecule has 0 saturated heterocycles. The molecule has 0 spiro atoms. The van der Waals surface area contributed by atoms with E-state index in [4.69, 9.17) is 26.6 Å². The fraction of sp³-hybridized carbons (Fsp3) is 0.143. The predicted molar refractivity (Wildman–Crippen MR) is 127 cm³/mol. The van der Waals surface area contributed by atoms with E-state index in [-0.39, 0.29) is 39.1 Å². The molecule has 12 heteroatoms. The first-order valence-corrected chi connectivity index (χ1v) is 12.5. The van der Waals surface area contributed by atoms with Gasteiger partial charge in [0.2, 0.25) is 5.82 Å². The Hall–Kier alpha value is -3.02. The molecule has 0 amide bonds. The number of nitrogens with zero attached hydrogens (tertiary/aromatic N) is 3. The van der Waals surface area contributed by atoms with Crippen LogP contribution in [-0.2, 0) is 19.4 Å². The minimum atomic E-state index is -3.44. The molecule has 0 radical (unpaired) electrons.